The van der Waals surface area contributed by atoms with Gasteiger partial charge in [0.15, 0.2) is 5.79 Å². The molecule has 2 heterocycles. The summed E-state index contributed by atoms with van der Waals surface area (Å²) >= 11 is 7.32. The number of nitrogens with one attached hydrogen (secondary N) is 1. The molecule has 7 heteroatoms. The van der Waals surface area contributed by atoms with Crippen LogP contribution in [-0.4, -0.2) is 23.0 Å². The molecule has 1 aliphatic rings. The van der Waals surface area contributed by atoms with Gasteiger partial charge in [-0.1, -0.05) is 48.0 Å². The lowest BCUT2D eigenvalue weighted by atomic mass is 10.0. The Morgan fingerprint density at radius 1 is 1.41 bits per heavy atom. The van der Waals surface area contributed by atoms with Crippen molar-refractivity contribution in [1.29, 1.82) is 0 Å². The van der Waals surface area contributed by atoms with Crippen molar-refractivity contribution in [3.63, 3.8) is 0 Å². The van der Waals surface area contributed by atoms with Crippen molar-refractivity contribution in [3.8, 4) is 0 Å². The van der Waals surface area contributed by atoms with E-state index in [-0.39, 0.29) is 18.4 Å². The lowest BCUT2D eigenvalue weighted by Gasteiger charge is -2.24. The Balaban J connectivity index is 1.54. The number of halogens is 1. The minimum Gasteiger partial charge on any atom is -0.343 e. The van der Waals surface area contributed by atoms with E-state index in [2.05, 4.69) is 21.8 Å². The zero-order valence-electron chi connectivity index (χ0n) is 17.0. The van der Waals surface area contributed by atoms with Crippen molar-refractivity contribution in [3.05, 3.63) is 58.3 Å². The smallest absolute Gasteiger partial charge is 0.229 e. The second-order valence-corrected chi connectivity index (χ2v) is 8.48. The predicted molar refractivity (Wildman–Crippen MR) is 117 cm³/mol. The summed E-state index contributed by atoms with van der Waals surface area (Å²) in [5.41, 5.74) is 2.59. The molecule has 1 aliphatic heterocycles. The third-order valence-electron chi connectivity index (χ3n) is 4.96. The van der Waals surface area contributed by atoms with Crippen LogP contribution in [0.4, 0.5) is 5.00 Å². The van der Waals surface area contributed by atoms with Gasteiger partial charge in [0.2, 0.25) is 5.91 Å². The highest BCUT2D eigenvalue weighted by Crippen LogP contribution is 2.35. The fraction of sp³-hybridized carbons (Fsp3) is 0.455. The van der Waals surface area contributed by atoms with E-state index in [0.717, 1.165) is 36.1 Å². The molecule has 0 radical (unpaired) electrons. The van der Waals surface area contributed by atoms with Gasteiger partial charge in [-0.2, -0.15) is 4.37 Å². The molecule has 0 aliphatic carbocycles. The lowest BCUT2D eigenvalue weighted by Crippen LogP contribution is -2.24. The van der Waals surface area contributed by atoms with Crippen LogP contribution >= 0.6 is 23.1 Å². The number of carbonyl (C=O) groups excluding carboxylic acids is 1. The number of unbranched alkanes of at least 4 members (excludes halogenated alkanes) is 1. The summed E-state index contributed by atoms with van der Waals surface area (Å²) in [5, 5.41) is 3.91. The van der Waals surface area contributed by atoms with Gasteiger partial charge in [-0.15, -0.1) is 0 Å². The van der Waals surface area contributed by atoms with Crippen molar-refractivity contribution >= 4 is 34.0 Å². The fourth-order valence-corrected chi connectivity index (χ4v) is 4.23. The fourth-order valence-electron chi connectivity index (χ4n) is 3.28. The van der Waals surface area contributed by atoms with E-state index in [1.54, 1.807) is 0 Å². The summed E-state index contributed by atoms with van der Waals surface area (Å²) in [4.78, 5) is 12.3. The molecule has 2 unspecified atom stereocenters. The third-order valence-corrected chi connectivity index (χ3v) is 6.38. The molecule has 1 saturated heterocycles. The molecule has 1 aromatic heterocycles. The van der Waals surface area contributed by atoms with Gasteiger partial charge in [-0.3, -0.25) is 4.79 Å². The van der Waals surface area contributed by atoms with Gasteiger partial charge < -0.3 is 14.8 Å². The Bertz CT molecular complexity index is 865. The van der Waals surface area contributed by atoms with Crippen LogP contribution in [0.3, 0.4) is 0 Å². The number of carbonyl (C=O) groups is 1. The number of nitrogens with zero attached hydrogens (tertiary/aromatic N) is 1. The number of ether oxygens (including phenoxy) is 2. The van der Waals surface area contributed by atoms with Gasteiger partial charge in [-0.05, 0) is 57.1 Å². The van der Waals surface area contributed by atoms with Crippen LogP contribution in [0.15, 0.2) is 36.4 Å². The van der Waals surface area contributed by atoms with Crippen LogP contribution in [0.5, 0.6) is 0 Å². The number of aryl methyl sites for hydroxylation is 1. The predicted octanol–water partition coefficient (Wildman–Crippen LogP) is 5.62. The summed E-state index contributed by atoms with van der Waals surface area (Å²) in [6, 6.07) is 7.81. The molecule has 0 saturated carbocycles. The van der Waals surface area contributed by atoms with E-state index in [1.807, 2.05) is 45.0 Å². The normalized spacial score (nSPS) is 21.7. The molecule has 1 amide bonds. The molecule has 2 aromatic rings. The van der Waals surface area contributed by atoms with E-state index in [0.29, 0.717) is 16.6 Å². The average molecular weight is 435 g/mol. The highest BCUT2D eigenvalue weighted by atomic mass is 35.5. The largest absolute Gasteiger partial charge is 0.343 e. The average Bonchev–Trinajstić information content (AvgIpc) is 3.24. The van der Waals surface area contributed by atoms with E-state index >= 15 is 0 Å². The van der Waals surface area contributed by atoms with Crippen LogP contribution in [0.2, 0.25) is 5.02 Å². The number of allylic oxidation sites excluding steroid dienone is 2. The summed E-state index contributed by atoms with van der Waals surface area (Å²) in [6.07, 6.45) is 7.77. The summed E-state index contributed by atoms with van der Waals surface area (Å²) < 4.78 is 16.3. The highest BCUT2D eigenvalue weighted by molar-refractivity contribution is 7.11. The molecule has 1 fully saturated rings. The number of hydrogen-bond donors (Lipinski definition) is 1. The molecule has 29 heavy (non-hydrogen) atoms. The maximum absolute atomic E-state index is 12.3. The summed E-state index contributed by atoms with van der Waals surface area (Å²) in [5.74, 6) is -0.858. The number of benzene rings is 1. The molecular weight excluding hydrogens is 408 g/mol. The van der Waals surface area contributed by atoms with Crippen molar-refractivity contribution in [2.45, 2.75) is 58.3 Å². The first-order valence-electron chi connectivity index (χ1n) is 9.85. The Hall–Kier alpha value is -1.73. The van der Waals surface area contributed by atoms with Crippen LogP contribution in [0.1, 0.15) is 49.9 Å². The standard InChI is InChI=1S/C22H27ClN2O3S/c1-4-5-6-7-8-18-14-27-22(3,28-18)17-11-9-16(10-12-17)13-19(26)24-21-20(23)15(2)25-29-21/h4-5,9-12,18H,6-8,13-14H2,1-3H3,(H,24,26)/b5-4+. The Morgan fingerprint density at radius 3 is 2.83 bits per heavy atom. The topological polar surface area (TPSA) is 60.5 Å². The second-order valence-electron chi connectivity index (χ2n) is 7.33. The lowest BCUT2D eigenvalue weighted by molar-refractivity contribution is -0.162. The summed E-state index contributed by atoms with van der Waals surface area (Å²) in [7, 11) is 0. The Kier molecular flexibility index (Phi) is 7.46. The Labute approximate surface area is 181 Å². The third kappa shape index (κ3) is 5.66. The van der Waals surface area contributed by atoms with Gasteiger partial charge in [-0.25, -0.2) is 0 Å². The van der Waals surface area contributed by atoms with Crippen LogP contribution < -0.4 is 5.32 Å². The maximum atomic E-state index is 12.3. The van der Waals surface area contributed by atoms with Crippen LogP contribution in [-0.2, 0) is 26.5 Å². The molecule has 1 aromatic carbocycles. The van der Waals surface area contributed by atoms with Gasteiger partial charge in [0.1, 0.15) is 5.00 Å². The van der Waals surface area contributed by atoms with Crippen molar-refractivity contribution < 1.29 is 14.3 Å². The molecule has 2 atom stereocenters. The molecule has 5 nitrogen and oxygen atoms in total. The molecular formula is C22H27ClN2O3S. The maximum Gasteiger partial charge on any atom is 0.229 e. The Morgan fingerprint density at radius 2 is 2.17 bits per heavy atom. The highest BCUT2D eigenvalue weighted by Gasteiger charge is 2.38. The number of rotatable bonds is 8. The van der Waals surface area contributed by atoms with Crippen molar-refractivity contribution in [2.75, 3.05) is 11.9 Å². The molecule has 156 valence electrons. The number of aromatic nitrogens is 1. The number of hydrogen-bond acceptors (Lipinski definition) is 5. The minimum atomic E-state index is -0.736. The van der Waals surface area contributed by atoms with Gasteiger partial charge in [0.05, 0.1) is 29.8 Å². The van der Waals surface area contributed by atoms with Crippen molar-refractivity contribution in [2.24, 2.45) is 0 Å². The van der Waals surface area contributed by atoms with E-state index in [9.17, 15) is 4.79 Å². The summed E-state index contributed by atoms with van der Waals surface area (Å²) in [6.45, 7) is 6.41. The molecule has 1 N–H and O–H groups in total. The first-order chi connectivity index (χ1) is 13.9. The molecule has 0 bridgehead atoms. The SMILES string of the molecule is C/C=C/CCCC1COC(C)(c2ccc(CC(=O)Nc3snc(C)c3Cl)cc2)O1. The zero-order chi connectivity index (χ0) is 20.9. The molecule has 3 rings (SSSR count). The van der Waals surface area contributed by atoms with E-state index in [1.165, 1.54) is 11.5 Å². The molecule has 0 spiro atoms. The van der Waals surface area contributed by atoms with E-state index in [4.69, 9.17) is 21.1 Å². The number of amides is 1. The quantitative estimate of drug-likeness (QED) is 0.432. The van der Waals surface area contributed by atoms with Crippen LogP contribution in [0, 0.1) is 6.92 Å². The first kappa shape index (κ1) is 22.0. The zero-order valence-corrected chi connectivity index (χ0v) is 18.6. The first-order valence-corrected chi connectivity index (χ1v) is 11.0. The monoisotopic (exact) mass is 434 g/mol. The van der Waals surface area contributed by atoms with Gasteiger partial charge >= 0.3 is 0 Å². The second kappa shape index (κ2) is 9.85. The van der Waals surface area contributed by atoms with Crippen molar-refractivity contribution in [1.82, 2.24) is 4.37 Å². The minimum absolute atomic E-state index is 0.114. The number of anilines is 1. The van der Waals surface area contributed by atoms with Crippen LogP contribution in [0.25, 0.3) is 0 Å². The van der Waals surface area contributed by atoms with Gasteiger partial charge in [0, 0.05) is 5.56 Å². The van der Waals surface area contributed by atoms with E-state index < -0.39 is 5.79 Å². The van der Waals surface area contributed by atoms with Gasteiger partial charge in [0.25, 0.3) is 0 Å².